The zero-order chi connectivity index (χ0) is 54.7. The van der Waals surface area contributed by atoms with E-state index in [1.54, 1.807) is 0 Å². The molecule has 0 radical (unpaired) electrons. The van der Waals surface area contributed by atoms with Crippen LogP contribution in [0, 0.1) is 20.8 Å². The summed E-state index contributed by atoms with van der Waals surface area (Å²) >= 11 is 4.41. The lowest BCUT2D eigenvalue weighted by Gasteiger charge is -2.34. The van der Waals surface area contributed by atoms with Crippen molar-refractivity contribution in [1.29, 1.82) is 0 Å². The molecule has 0 fully saturated rings. The number of fused-ring (bicyclic) bond motifs is 3. The van der Waals surface area contributed by atoms with E-state index in [1.165, 1.54) is 66.8 Å². The van der Waals surface area contributed by atoms with E-state index >= 15 is 0 Å². The summed E-state index contributed by atoms with van der Waals surface area (Å²) in [5.41, 5.74) is 25.5. The van der Waals surface area contributed by atoms with E-state index in [0.29, 0.717) is 0 Å². The fourth-order valence-electron chi connectivity index (χ4n) is 11.5. The van der Waals surface area contributed by atoms with Crippen molar-refractivity contribution in [3.8, 4) is 33.4 Å². The molecule has 0 saturated carbocycles. The first-order chi connectivity index (χ1) is 37.3. The van der Waals surface area contributed by atoms with Crippen LogP contribution in [0.5, 0.6) is 0 Å². The Balaban J connectivity index is 1.15. The van der Waals surface area contributed by atoms with Crippen molar-refractivity contribution in [1.82, 2.24) is 0 Å². The molecule has 0 amide bonds. The molecule has 0 heterocycles. The van der Waals surface area contributed by atoms with E-state index in [-0.39, 0.29) is 16.2 Å². The van der Waals surface area contributed by atoms with Crippen molar-refractivity contribution in [3.05, 3.63) is 268 Å². The van der Waals surface area contributed by atoms with E-state index in [9.17, 15) is 0 Å². The Morgan fingerprint density at radius 1 is 0.333 bits per heavy atom. The van der Waals surface area contributed by atoms with Gasteiger partial charge in [0.05, 0.1) is 15.8 Å². The van der Waals surface area contributed by atoms with Crippen molar-refractivity contribution in [2.24, 2.45) is 0 Å². The van der Waals surface area contributed by atoms with Crippen LogP contribution in [-0.4, -0.2) is 0 Å². The standard InChI is InChI=1S/C74H70BrN3/c1-49-43-69(76(58-37-33-56(34-38-58)72(4,5)6)59-39-35-57(36-40-59)73(7,8)9)71(75)70(44-49)77(62-41-42-64-63-27-18-19-28-65(63)74(10,11)66(64)48-62)60-25-20-26-61(47-60)78(67-45-54(31-29-50(67)2)52-21-14-12-15-22-52)68-46-55(32-30-51(68)3)53-23-16-13-17-24-53/h12-48H,1-11H3. The lowest BCUT2D eigenvalue weighted by atomic mass is 9.82. The first-order valence-electron chi connectivity index (χ1n) is 27.4. The molecule has 0 atom stereocenters. The number of aryl methyl sites for hydroxylation is 3. The average molecular weight is 1080 g/mol. The Morgan fingerprint density at radius 2 is 0.756 bits per heavy atom. The maximum atomic E-state index is 4.41. The van der Waals surface area contributed by atoms with Gasteiger partial charge in [-0.2, -0.15) is 0 Å². The summed E-state index contributed by atoms with van der Waals surface area (Å²) in [6.07, 6.45) is 0. The number of hydrogen-bond acceptors (Lipinski definition) is 3. The van der Waals surface area contributed by atoms with E-state index in [0.717, 1.165) is 61.2 Å². The van der Waals surface area contributed by atoms with Gasteiger partial charge >= 0.3 is 0 Å². The van der Waals surface area contributed by atoms with Gasteiger partial charge in [0.15, 0.2) is 0 Å². The smallest absolute Gasteiger partial charge is 0.0657 e. The van der Waals surface area contributed by atoms with Crippen LogP contribution in [0.25, 0.3) is 33.4 Å². The molecule has 1 aliphatic rings. The van der Waals surface area contributed by atoms with Crippen molar-refractivity contribution in [2.45, 2.75) is 92.4 Å². The van der Waals surface area contributed by atoms with Crippen molar-refractivity contribution in [3.63, 3.8) is 0 Å². The van der Waals surface area contributed by atoms with Gasteiger partial charge in [-0.3, -0.25) is 0 Å². The second-order valence-corrected chi connectivity index (χ2v) is 24.7. The Morgan fingerprint density at radius 3 is 1.26 bits per heavy atom. The zero-order valence-electron chi connectivity index (χ0n) is 47.1. The van der Waals surface area contributed by atoms with Crippen LogP contribution in [0.3, 0.4) is 0 Å². The minimum Gasteiger partial charge on any atom is -0.310 e. The van der Waals surface area contributed by atoms with Gasteiger partial charge in [0.2, 0.25) is 0 Å². The largest absolute Gasteiger partial charge is 0.310 e. The molecule has 0 saturated heterocycles. The van der Waals surface area contributed by atoms with Gasteiger partial charge in [0.1, 0.15) is 0 Å². The normalized spacial score (nSPS) is 12.7. The second-order valence-electron chi connectivity index (χ2n) is 23.9. The van der Waals surface area contributed by atoms with Crippen LogP contribution in [0.4, 0.5) is 51.2 Å². The molecule has 0 bridgehead atoms. The summed E-state index contributed by atoms with van der Waals surface area (Å²) in [4.78, 5) is 7.38. The van der Waals surface area contributed by atoms with Gasteiger partial charge in [0, 0.05) is 45.2 Å². The molecule has 388 valence electrons. The van der Waals surface area contributed by atoms with Crippen molar-refractivity contribution < 1.29 is 0 Å². The SMILES string of the molecule is Cc1cc(N(c2ccc(C(C)(C)C)cc2)c2ccc(C(C)(C)C)cc2)c(Br)c(N(c2cccc(N(c3cc(-c4ccccc4)ccc3C)c3cc(-c4ccccc4)ccc3C)c2)c2ccc3c(c2)C(C)(C)c2ccccc2-3)c1. The summed E-state index contributed by atoms with van der Waals surface area (Å²) in [6, 6.07) is 83.4. The molecule has 78 heavy (non-hydrogen) atoms. The van der Waals surface area contributed by atoms with Crippen LogP contribution in [0.2, 0.25) is 0 Å². The quantitative estimate of drug-likeness (QED) is 0.128. The van der Waals surface area contributed by atoms with E-state index in [1.807, 2.05) is 0 Å². The number of benzene rings is 10. The summed E-state index contributed by atoms with van der Waals surface area (Å²) in [5, 5.41) is 0. The zero-order valence-corrected chi connectivity index (χ0v) is 48.7. The Hall–Kier alpha value is -7.92. The molecule has 0 aromatic heterocycles. The maximum absolute atomic E-state index is 4.41. The number of hydrogen-bond donors (Lipinski definition) is 0. The molecule has 0 unspecified atom stereocenters. The molecule has 10 aromatic rings. The Kier molecular flexibility index (Phi) is 13.7. The van der Waals surface area contributed by atoms with Crippen LogP contribution in [-0.2, 0) is 16.2 Å². The lowest BCUT2D eigenvalue weighted by molar-refractivity contribution is 0.590. The highest BCUT2D eigenvalue weighted by Gasteiger charge is 2.36. The van der Waals surface area contributed by atoms with Gasteiger partial charge < -0.3 is 14.7 Å². The summed E-state index contributed by atoms with van der Waals surface area (Å²) in [5.74, 6) is 0. The molecule has 11 rings (SSSR count). The van der Waals surface area contributed by atoms with Crippen LogP contribution < -0.4 is 14.7 Å². The van der Waals surface area contributed by atoms with Gasteiger partial charge in [-0.15, -0.1) is 0 Å². The van der Waals surface area contributed by atoms with Gasteiger partial charge in [-0.25, -0.2) is 0 Å². The molecule has 10 aromatic carbocycles. The monoisotopic (exact) mass is 1080 g/mol. The fraction of sp³-hybridized carbons (Fsp3) is 0.189. The average Bonchev–Trinajstić information content (AvgIpc) is 3.70. The molecule has 1 aliphatic carbocycles. The first kappa shape index (κ1) is 52.1. The van der Waals surface area contributed by atoms with Gasteiger partial charge in [0.25, 0.3) is 0 Å². The van der Waals surface area contributed by atoms with Crippen LogP contribution in [0.15, 0.2) is 229 Å². The number of rotatable bonds is 11. The fourth-order valence-corrected chi connectivity index (χ4v) is 12.0. The lowest BCUT2D eigenvalue weighted by Crippen LogP contribution is -2.18. The maximum Gasteiger partial charge on any atom is 0.0657 e. The van der Waals surface area contributed by atoms with Crippen LogP contribution in [0.1, 0.15) is 94.3 Å². The van der Waals surface area contributed by atoms with E-state index < -0.39 is 0 Å². The third kappa shape index (κ3) is 9.88. The van der Waals surface area contributed by atoms with Crippen molar-refractivity contribution >= 4 is 67.1 Å². The predicted molar refractivity (Wildman–Crippen MR) is 338 cm³/mol. The molecule has 4 heteroatoms. The first-order valence-corrected chi connectivity index (χ1v) is 28.2. The number of anilines is 9. The second kappa shape index (κ2) is 20.5. The minimum absolute atomic E-state index is 0.0119. The summed E-state index contributed by atoms with van der Waals surface area (Å²) < 4.78 is 0.982. The Labute approximate surface area is 472 Å². The topological polar surface area (TPSA) is 9.72 Å². The summed E-state index contributed by atoms with van der Waals surface area (Å²) in [6.45, 7) is 25.1. The predicted octanol–water partition coefficient (Wildman–Crippen LogP) is 22.0. The van der Waals surface area contributed by atoms with Crippen molar-refractivity contribution in [2.75, 3.05) is 14.7 Å². The third-order valence-electron chi connectivity index (χ3n) is 15.9. The highest BCUT2D eigenvalue weighted by molar-refractivity contribution is 9.10. The molecular weight excluding hydrogens is 1010 g/mol. The van der Waals surface area contributed by atoms with E-state index in [2.05, 4.69) is 331 Å². The highest BCUT2D eigenvalue weighted by atomic mass is 79.9. The number of halogens is 1. The molecule has 3 nitrogen and oxygen atoms in total. The summed E-state index contributed by atoms with van der Waals surface area (Å²) in [7, 11) is 0. The van der Waals surface area contributed by atoms with E-state index in [4.69, 9.17) is 0 Å². The Bertz CT molecular complexity index is 3680. The van der Waals surface area contributed by atoms with Gasteiger partial charge in [-0.1, -0.05) is 201 Å². The third-order valence-corrected chi connectivity index (χ3v) is 16.7. The molecular formula is C74H70BrN3. The minimum atomic E-state index is -0.209. The molecule has 0 N–H and O–H groups in total. The highest BCUT2D eigenvalue weighted by Crippen LogP contribution is 2.54. The molecule has 0 aliphatic heterocycles. The van der Waals surface area contributed by atoms with Crippen LogP contribution >= 0.6 is 15.9 Å². The van der Waals surface area contributed by atoms with Gasteiger partial charge in [-0.05, 0) is 199 Å². The molecule has 0 spiro atoms. The number of nitrogens with zero attached hydrogens (tertiary/aromatic N) is 3.